The Labute approximate surface area is 136 Å². The minimum atomic E-state index is -3.27. The molecule has 0 saturated carbocycles. The zero-order valence-electron chi connectivity index (χ0n) is 12.9. The lowest BCUT2D eigenvalue weighted by Crippen LogP contribution is -2.48. The Hall–Kier alpha value is -2.17. The number of nitrogens with one attached hydrogen (secondary N) is 1. The molecule has 2 rings (SSSR count). The molecule has 6 nitrogen and oxygen atoms in total. The van der Waals surface area contributed by atoms with Crippen molar-refractivity contribution in [1.82, 2.24) is 9.62 Å². The summed E-state index contributed by atoms with van der Waals surface area (Å²) in [4.78, 5) is 13.9. The van der Waals surface area contributed by atoms with E-state index in [2.05, 4.69) is 10.8 Å². The fourth-order valence-electron chi connectivity index (χ4n) is 2.56. The predicted molar refractivity (Wildman–Crippen MR) is 87.8 cm³/mol. The number of benzene rings is 1. The van der Waals surface area contributed by atoms with Gasteiger partial charge in [-0.05, 0) is 36.6 Å². The summed E-state index contributed by atoms with van der Waals surface area (Å²) in [6.45, 7) is 0.984. The van der Waals surface area contributed by atoms with Gasteiger partial charge >= 0.3 is 0 Å². The number of likely N-dealkylation sites (tertiary alicyclic amines) is 1. The molecule has 7 heteroatoms. The van der Waals surface area contributed by atoms with Gasteiger partial charge in [-0.25, -0.2) is 13.1 Å². The molecule has 0 unspecified atom stereocenters. The van der Waals surface area contributed by atoms with E-state index in [-0.39, 0.29) is 11.9 Å². The fourth-order valence-corrected chi connectivity index (χ4v) is 3.36. The molecule has 1 aliphatic rings. The van der Waals surface area contributed by atoms with Crippen LogP contribution < -0.4 is 4.72 Å². The summed E-state index contributed by atoms with van der Waals surface area (Å²) in [6, 6.07) is 8.79. The van der Waals surface area contributed by atoms with E-state index in [0.29, 0.717) is 18.7 Å². The van der Waals surface area contributed by atoms with Crippen LogP contribution in [0.5, 0.6) is 0 Å². The molecular formula is C16H19N3O3S. The van der Waals surface area contributed by atoms with Gasteiger partial charge in [0.2, 0.25) is 15.9 Å². The van der Waals surface area contributed by atoms with Crippen molar-refractivity contribution in [3.05, 3.63) is 41.5 Å². The van der Waals surface area contributed by atoms with E-state index < -0.39 is 10.0 Å². The van der Waals surface area contributed by atoms with Gasteiger partial charge in [0, 0.05) is 25.2 Å². The molecule has 0 aromatic heterocycles. The highest BCUT2D eigenvalue weighted by Gasteiger charge is 2.24. The fraction of sp³-hybridized carbons (Fsp3) is 0.375. The van der Waals surface area contributed by atoms with Crippen LogP contribution in [0.15, 0.2) is 30.3 Å². The standard InChI is InChI=1S/C16H19N3O3S/c1-23(21,22)18-15-6-3-9-19(12-15)16(20)8-7-13-4-2-5-14(10-13)11-17/h2,4-5,7-8,10,15,18H,3,6,9,12H2,1H3/b8-7+/t15-/m0/s1. The average Bonchev–Trinajstić information content (AvgIpc) is 2.51. The van der Waals surface area contributed by atoms with Crippen molar-refractivity contribution < 1.29 is 13.2 Å². The van der Waals surface area contributed by atoms with Crippen molar-refractivity contribution in [2.75, 3.05) is 19.3 Å². The van der Waals surface area contributed by atoms with E-state index in [1.165, 1.54) is 6.08 Å². The molecule has 1 N–H and O–H groups in total. The molecule has 1 saturated heterocycles. The van der Waals surface area contributed by atoms with Crippen molar-refractivity contribution in [3.8, 4) is 6.07 Å². The predicted octanol–water partition coefficient (Wildman–Crippen LogP) is 1.11. The molecule has 0 bridgehead atoms. The molecule has 0 spiro atoms. The lowest BCUT2D eigenvalue weighted by atomic mass is 10.1. The molecular weight excluding hydrogens is 314 g/mol. The minimum absolute atomic E-state index is 0.160. The Morgan fingerprint density at radius 2 is 2.26 bits per heavy atom. The zero-order chi connectivity index (χ0) is 16.9. The normalized spacial score (nSPS) is 18.8. The van der Waals surface area contributed by atoms with E-state index in [1.54, 1.807) is 29.2 Å². The van der Waals surface area contributed by atoms with Gasteiger partial charge in [0.25, 0.3) is 0 Å². The van der Waals surface area contributed by atoms with E-state index >= 15 is 0 Å². The number of carbonyl (C=O) groups is 1. The maximum absolute atomic E-state index is 12.2. The molecule has 1 atom stereocenters. The quantitative estimate of drug-likeness (QED) is 0.836. The number of hydrogen-bond donors (Lipinski definition) is 1. The van der Waals surface area contributed by atoms with Gasteiger partial charge in [-0.2, -0.15) is 5.26 Å². The second-order valence-corrected chi connectivity index (χ2v) is 7.36. The lowest BCUT2D eigenvalue weighted by molar-refractivity contribution is -0.127. The second-order valence-electron chi connectivity index (χ2n) is 5.58. The molecule has 0 radical (unpaired) electrons. The van der Waals surface area contributed by atoms with Crippen LogP contribution in [0.4, 0.5) is 0 Å². The van der Waals surface area contributed by atoms with Gasteiger partial charge in [-0.1, -0.05) is 12.1 Å². The summed E-state index contributed by atoms with van der Waals surface area (Å²) in [5.74, 6) is -0.160. The van der Waals surface area contributed by atoms with Crippen molar-refractivity contribution in [3.63, 3.8) is 0 Å². The number of carbonyl (C=O) groups excluding carboxylic acids is 1. The molecule has 1 heterocycles. The van der Waals surface area contributed by atoms with Crippen LogP contribution >= 0.6 is 0 Å². The third kappa shape index (κ3) is 5.51. The molecule has 1 amide bonds. The summed E-state index contributed by atoms with van der Waals surface area (Å²) in [5, 5.41) is 8.86. The van der Waals surface area contributed by atoms with Crippen LogP contribution in [0, 0.1) is 11.3 Å². The van der Waals surface area contributed by atoms with Gasteiger partial charge in [0.15, 0.2) is 0 Å². The van der Waals surface area contributed by atoms with E-state index in [1.807, 2.05) is 6.07 Å². The number of sulfonamides is 1. The van der Waals surface area contributed by atoms with E-state index in [4.69, 9.17) is 5.26 Å². The molecule has 1 fully saturated rings. The first-order valence-corrected chi connectivity index (χ1v) is 9.21. The Morgan fingerprint density at radius 1 is 1.48 bits per heavy atom. The Bertz CT molecular complexity index is 750. The Balaban J connectivity index is 1.99. The van der Waals surface area contributed by atoms with Crippen LogP contribution in [-0.2, 0) is 14.8 Å². The monoisotopic (exact) mass is 333 g/mol. The summed E-state index contributed by atoms with van der Waals surface area (Å²) < 4.78 is 25.1. The number of rotatable bonds is 4. The number of piperidine rings is 1. The van der Waals surface area contributed by atoms with E-state index in [9.17, 15) is 13.2 Å². The molecule has 1 aromatic carbocycles. The number of amides is 1. The first-order valence-electron chi connectivity index (χ1n) is 7.32. The topological polar surface area (TPSA) is 90.3 Å². The van der Waals surface area contributed by atoms with Crippen molar-refractivity contribution >= 4 is 22.0 Å². The van der Waals surface area contributed by atoms with Crippen LogP contribution in [0.25, 0.3) is 6.08 Å². The summed E-state index contributed by atoms with van der Waals surface area (Å²) in [7, 11) is -3.27. The maximum atomic E-state index is 12.2. The molecule has 122 valence electrons. The molecule has 1 aliphatic heterocycles. The second kappa shape index (κ2) is 7.40. The first-order chi connectivity index (χ1) is 10.9. The van der Waals surface area contributed by atoms with Gasteiger partial charge < -0.3 is 4.90 Å². The van der Waals surface area contributed by atoms with E-state index in [0.717, 1.165) is 24.7 Å². The first kappa shape index (κ1) is 17.2. The molecule has 23 heavy (non-hydrogen) atoms. The molecule has 0 aliphatic carbocycles. The largest absolute Gasteiger partial charge is 0.338 e. The third-order valence-corrected chi connectivity index (χ3v) is 4.31. The Kier molecular flexibility index (Phi) is 5.53. The van der Waals surface area contributed by atoms with Crippen LogP contribution in [0.2, 0.25) is 0 Å². The summed E-state index contributed by atoms with van der Waals surface area (Å²) >= 11 is 0. The zero-order valence-corrected chi connectivity index (χ0v) is 13.7. The molecule has 1 aromatic rings. The van der Waals surface area contributed by atoms with Gasteiger partial charge in [-0.3, -0.25) is 4.79 Å². The highest BCUT2D eigenvalue weighted by atomic mass is 32.2. The number of nitriles is 1. The highest BCUT2D eigenvalue weighted by molar-refractivity contribution is 7.88. The lowest BCUT2D eigenvalue weighted by Gasteiger charge is -2.32. The van der Waals surface area contributed by atoms with Crippen LogP contribution in [0.1, 0.15) is 24.0 Å². The minimum Gasteiger partial charge on any atom is -0.338 e. The number of nitrogens with zero attached hydrogens (tertiary/aromatic N) is 2. The van der Waals surface area contributed by atoms with Crippen LogP contribution in [0.3, 0.4) is 0 Å². The average molecular weight is 333 g/mol. The maximum Gasteiger partial charge on any atom is 0.246 e. The number of hydrogen-bond acceptors (Lipinski definition) is 4. The third-order valence-electron chi connectivity index (χ3n) is 3.55. The summed E-state index contributed by atoms with van der Waals surface area (Å²) in [5.41, 5.74) is 1.32. The SMILES string of the molecule is CS(=O)(=O)N[C@H]1CCCN(C(=O)/C=C/c2cccc(C#N)c2)C1. The van der Waals surface area contributed by atoms with Crippen LogP contribution in [-0.4, -0.2) is 44.6 Å². The smallest absolute Gasteiger partial charge is 0.246 e. The highest BCUT2D eigenvalue weighted by Crippen LogP contribution is 2.12. The van der Waals surface area contributed by atoms with Crippen molar-refractivity contribution in [2.45, 2.75) is 18.9 Å². The van der Waals surface area contributed by atoms with Gasteiger partial charge in [-0.15, -0.1) is 0 Å². The van der Waals surface area contributed by atoms with Gasteiger partial charge in [0.1, 0.15) is 0 Å². The van der Waals surface area contributed by atoms with Gasteiger partial charge in [0.05, 0.1) is 17.9 Å². The Morgan fingerprint density at radius 3 is 2.96 bits per heavy atom. The van der Waals surface area contributed by atoms with Crippen molar-refractivity contribution in [1.29, 1.82) is 5.26 Å². The summed E-state index contributed by atoms with van der Waals surface area (Å²) in [6.07, 6.45) is 5.73. The van der Waals surface area contributed by atoms with Crippen molar-refractivity contribution in [2.24, 2.45) is 0 Å².